The van der Waals surface area contributed by atoms with Gasteiger partial charge in [-0.05, 0) is 36.4 Å². The lowest BCUT2D eigenvalue weighted by Crippen LogP contribution is -2.42. The molecule has 168 valence electrons. The van der Waals surface area contributed by atoms with E-state index in [-0.39, 0.29) is 16.9 Å². The summed E-state index contributed by atoms with van der Waals surface area (Å²) < 4.78 is 40.5. The Morgan fingerprint density at radius 2 is 1.73 bits per heavy atom. The zero-order valence-corrected chi connectivity index (χ0v) is 17.2. The van der Waals surface area contributed by atoms with Crippen LogP contribution >= 0.6 is 0 Å². The molecular formula is C23H17F2N3O5. The molecule has 0 unspecified atom stereocenters. The second-order valence-corrected chi connectivity index (χ2v) is 6.67. The summed E-state index contributed by atoms with van der Waals surface area (Å²) in [5.74, 6) is -1.56. The first-order valence-corrected chi connectivity index (χ1v) is 9.64. The van der Waals surface area contributed by atoms with Crippen LogP contribution < -0.4 is 20.3 Å². The lowest BCUT2D eigenvalue weighted by Gasteiger charge is -2.15. The molecule has 2 N–H and O–H groups in total. The highest BCUT2D eigenvalue weighted by Gasteiger charge is 2.21. The van der Waals surface area contributed by atoms with Crippen molar-refractivity contribution in [2.75, 3.05) is 7.11 Å². The standard InChI is InChI=1S/C23H17F2N3O5/c1-31-19-9-4-7-14(20(19)33-23(24)25)21(29)27-28-22(30)15-12-17(18-10-5-11-32-18)26-16-8-3-2-6-13(15)16/h2-12,23H,1H3,(H,27,29)(H,28,30). The highest BCUT2D eigenvalue weighted by atomic mass is 19.3. The summed E-state index contributed by atoms with van der Waals surface area (Å²) in [5, 5.41) is 0.544. The van der Waals surface area contributed by atoms with E-state index < -0.39 is 24.2 Å². The Balaban J connectivity index is 1.61. The van der Waals surface area contributed by atoms with Crippen molar-refractivity contribution in [3.05, 3.63) is 78.1 Å². The number of furan rings is 1. The van der Waals surface area contributed by atoms with Gasteiger partial charge in [0.15, 0.2) is 17.3 Å². The molecule has 2 amide bonds. The summed E-state index contributed by atoms with van der Waals surface area (Å²) in [6.45, 7) is -3.18. The lowest BCUT2D eigenvalue weighted by molar-refractivity contribution is -0.0515. The number of carbonyl (C=O) groups is 2. The molecule has 0 radical (unpaired) electrons. The number of para-hydroxylation sites is 2. The normalized spacial score (nSPS) is 10.8. The van der Waals surface area contributed by atoms with Gasteiger partial charge in [-0.15, -0.1) is 0 Å². The minimum atomic E-state index is -3.18. The molecule has 2 heterocycles. The molecule has 2 aromatic carbocycles. The fraction of sp³-hybridized carbons (Fsp3) is 0.0870. The maximum atomic E-state index is 12.9. The van der Waals surface area contributed by atoms with E-state index in [1.54, 1.807) is 36.4 Å². The van der Waals surface area contributed by atoms with Crippen molar-refractivity contribution >= 4 is 22.7 Å². The molecule has 0 fully saturated rings. The van der Waals surface area contributed by atoms with Crippen molar-refractivity contribution in [3.8, 4) is 23.0 Å². The molecule has 0 saturated carbocycles. The summed E-state index contributed by atoms with van der Waals surface area (Å²) in [5.41, 5.74) is 5.47. The minimum absolute atomic E-state index is 0.0579. The third-order valence-electron chi connectivity index (χ3n) is 4.67. The van der Waals surface area contributed by atoms with Crippen molar-refractivity contribution in [1.82, 2.24) is 15.8 Å². The van der Waals surface area contributed by atoms with Gasteiger partial charge in [0, 0.05) is 5.39 Å². The van der Waals surface area contributed by atoms with Crippen molar-refractivity contribution in [3.63, 3.8) is 0 Å². The van der Waals surface area contributed by atoms with Crippen molar-refractivity contribution in [1.29, 1.82) is 0 Å². The van der Waals surface area contributed by atoms with Crippen LogP contribution in [0, 0.1) is 0 Å². The van der Waals surface area contributed by atoms with Crippen LogP contribution in [0.25, 0.3) is 22.4 Å². The van der Waals surface area contributed by atoms with Crippen LogP contribution in [0.2, 0.25) is 0 Å². The Labute approximate surface area is 186 Å². The quantitative estimate of drug-likeness (QED) is 0.425. The number of fused-ring (bicyclic) bond motifs is 1. The Kier molecular flexibility index (Phi) is 6.16. The van der Waals surface area contributed by atoms with E-state index in [0.29, 0.717) is 22.4 Å². The molecule has 4 rings (SSSR count). The van der Waals surface area contributed by atoms with Gasteiger partial charge in [-0.3, -0.25) is 20.4 Å². The monoisotopic (exact) mass is 453 g/mol. The van der Waals surface area contributed by atoms with E-state index in [1.807, 2.05) is 0 Å². The Bertz CT molecular complexity index is 1310. The number of aromatic nitrogens is 1. The van der Waals surface area contributed by atoms with E-state index in [0.717, 1.165) is 0 Å². The number of hydrogen-bond acceptors (Lipinski definition) is 6. The van der Waals surface area contributed by atoms with Gasteiger partial charge < -0.3 is 13.9 Å². The molecule has 10 heteroatoms. The number of alkyl halides is 2. The smallest absolute Gasteiger partial charge is 0.387 e. The molecule has 2 aromatic heterocycles. The number of nitrogens with one attached hydrogen (secondary N) is 2. The van der Waals surface area contributed by atoms with E-state index in [9.17, 15) is 18.4 Å². The highest BCUT2D eigenvalue weighted by molar-refractivity contribution is 6.08. The van der Waals surface area contributed by atoms with Gasteiger partial charge in [0.1, 0.15) is 5.69 Å². The van der Waals surface area contributed by atoms with Crippen LogP contribution in [0.4, 0.5) is 8.78 Å². The van der Waals surface area contributed by atoms with E-state index in [4.69, 9.17) is 9.15 Å². The minimum Gasteiger partial charge on any atom is -0.493 e. The fourth-order valence-electron chi connectivity index (χ4n) is 3.23. The first kappa shape index (κ1) is 21.8. The summed E-state index contributed by atoms with van der Waals surface area (Å²) in [7, 11) is 1.25. The lowest BCUT2D eigenvalue weighted by atomic mass is 10.1. The topological polar surface area (TPSA) is 103 Å². The summed E-state index contributed by atoms with van der Waals surface area (Å²) in [4.78, 5) is 30.1. The molecule has 0 saturated heterocycles. The third kappa shape index (κ3) is 4.59. The van der Waals surface area contributed by atoms with Gasteiger partial charge in [0.05, 0.1) is 30.0 Å². The van der Waals surface area contributed by atoms with Crippen LogP contribution in [0.1, 0.15) is 20.7 Å². The van der Waals surface area contributed by atoms with Gasteiger partial charge >= 0.3 is 6.61 Å². The molecule has 4 aromatic rings. The molecule has 33 heavy (non-hydrogen) atoms. The second kappa shape index (κ2) is 9.35. The first-order chi connectivity index (χ1) is 16.0. The number of amides is 2. The van der Waals surface area contributed by atoms with Crippen molar-refractivity contribution in [2.45, 2.75) is 6.61 Å². The van der Waals surface area contributed by atoms with Crippen LogP contribution in [0.3, 0.4) is 0 Å². The number of methoxy groups -OCH3 is 1. The molecular weight excluding hydrogens is 436 g/mol. The van der Waals surface area contributed by atoms with Gasteiger partial charge in [-0.1, -0.05) is 24.3 Å². The number of rotatable bonds is 6. The zero-order chi connectivity index (χ0) is 23.4. The fourth-order valence-corrected chi connectivity index (χ4v) is 3.23. The Morgan fingerprint density at radius 1 is 0.970 bits per heavy atom. The highest BCUT2D eigenvalue weighted by Crippen LogP contribution is 2.32. The van der Waals surface area contributed by atoms with Crippen LogP contribution in [0.5, 0.6) is 11.5 Å². The van der Waals surface area contributed by atoms with E-state index in [1.165, 1.54) is 37.6 Å². The van der Waals surface area contributed by atoms with Crippen LogP contribution in [-0.4, -0.2) is 30.5 Å². The van der Waals surface area contributed by atoms with Gasteiger partial charge in [0.2, 0.25) is 0 Å². The van der Waals surface area contributed by atoms with E-state index in [2.05, 4.69) is 20.6 Å². The molecule has 8 nitrogen and oxygen atoms in total. The predicted octanol–water partition coefficient (Wildman–Crippen LogP) is 4.18. The summed E-state index contributed by atoms with van der Waals surface area (Å²) in [6.07, 6.45) is 1.49. The van der Waals surface area contributed by atoms with Crippen LogP contribution in [-0.2, 0) is 0 Å². The number of hydrazine groups is 1. The average molecular weight is 453 g/mol. The molecule has 0 aliphatic carbocycles. The second-order valence-electron chi connectivity index (χ2n) is 6.67. The molecule has 0 aliphatic heterocycles. The number of hydrogen-bond donors (Lipinski definition) is 2. The van der Waals surface area contributed by atoms with Crippen molar-refractivity contribution < 1.29 is 32.3 Å². The number of carbonyl (C=O) groups excluding carboxylic acids is 2. The first-order valence-electron chi connectivity index (χ1n) is 9.64. The zero-order valence-electron chi connectivity index (χ0n) is 17.2. The van der Waals surface area contributed by atoms with Gasteiger partial charge in [-0.25, -0.2) is 4.98 Å². The van der Waals surface area contributed by atoms with Gasteiger partial charge in [0.25, 0.3) is 11.8 Å². The maximum Gasteiger partial charge on any atom is 0.387 e. The average Bonchev–Trinajstić information content (AvgIpc) is 3.36. The predicted molar refractivity (Wildman–Crippen MR) is 114 cm³/mol. The van der Waals surface area contributed by atoms with Gasteiger partial charge in [-0.2, -0.15) is 8.78 Å². The largest absolute Gasteiger partial charge is 0.493 e. The van der Waals surface area contributed by atoms with Crippen molar-refractivity contribution in [2.24, 2.45) is 0 Å². The van der Waals surface area contributed by atoms with Crippen LogP contribution in [0.15, 0.2) is 71.3 Å². The summed E-state index contributed by atoms with van der Waals surface area (Å²) in [6, 6.07) is 16.0. The number of nitrogens with zero attached hydrogens (tertiary/aromatic N) is 1. The number of pyridine rings is 1. The summed E-state index contributed by atoms with van der Waals surface area (Å²) >= 11 is 0. The SMILES string of the molecule is COc1cccc(C(=O)NNC(=O)c2cc(-c3ccco3)nc3ccccc23)c1OC(F)F. The molecule has 0 bridgehead atoms. The maximum absolute atomic E-state index is 12.9. The molecule has 0 spiro atoms. The number of halogens is 2. The molecule has 0 atom stereocenters. The van der Waals surface area contributed by atoms with E-state index >= 15 is 0 Å². The molecule has 0 aliphatic rings. The third-order valence-corrected chi connectivity index (χ3v) is 4.67. The Morgan fingerprint density at radius 3 is 2.42 bits per heavy atom. The Hall–Kier alpha value is -4.47. The number of benzene rings is 2. The number of ether oxygens (including phenoxy) is 2.